The summed E-state index contributed by atoms with van der Waals surface area (Å²) in [4.78, 5) is 21.3. The zero-order valence-corrected chi connectivity index (χ0v) is 13.8. The Labute approximate surface area is 144 Å². The zero-order valence-electron chi connectivity index (χ0n) is 13.8. The molecular weight excluding hydrogens is 324 g/mol. The predicted molar refractivity (Wildman–Crippen MR) is 94.1 cm³/mol. The lowest BCUT2D eigenvalue weighted by atomic mass is 10.2. The Bertz CT molecular complexity index is 789. The fourth-order valence-electron chi connectivity index (χ4n) is 2.41. The van der Waals surface area contributed by atoms with Crippen LogP contribution in [0.4, 0.5) is 17.5 Å². The van der Waals surface area contributed by atoms with Crippen molar-refractivity contribution in [3.63, 3.8) is 0 Å². The van der Waals surface area contributed by atoms with E-state index in [9.17, 15) is 10.1 Å². The molecule has 1 aromatic heterocycles. The topological polar surface area (TPSA) is 106 Å². The maximum Gasteiger partial charge on any atom is 0.270 e. The number of aromatic nitrogens is 2. The van der Waals surface area contributed by atoms with Crippen molar-refractivity contribution in [1.29, 1.82) is 0 Å². The molecule has 1 N–H and O–H groups in total. The first kappa shape index (κ1) is 16.8. The van der Waals surface area contributed by atoms with Crippen LogP contribution in [0.1, 0.15) is 11.3 Å². The summed E-state index contributed by atoms with van der Waals surface area (Å²) in [5.74, 6) is 1.20. The third kappa shape index (κ3) is 4.48. The molecule has 0 unspecified atom stereocenters. The van der Waals surface area contributed by atoms with E-state index < -0.39 is 4.92 Å². The summed E-state index contributed by atoms with van der Waals surface area (Å²) in [6.07, 6.45) is 1.51. The van der Waals surface area contributed by atoms with Gasteiger partial charge in [-0.25, -0.2) is 4.98 Å². The quantitative estimate of drug-likeness (QED) is 0.503. The fourth-order valence-corrected chi connectivity index (χ4v) is 2.41. The van der Waals surface area contributed by atoms with Gasteiger partial charge in [0.25, 0.3) is 5.69 Å². The van der Waals surface area contributed by atoms with Crippen LogP contribution in [0, 0.1) is 17.0 Å². The van der Waals surface area contributed by atoms with Gasteiger partial charge in [-0.1, -0.05) is 12.1 Å². The van der Waals surface area contributed by atoms with Crippen molar-refractivity contribution >= 4 is 23.7 Å². The van der Waals surface area contributed by atoms with Crippen molar-refractivity contribution in [2.75, 3.05) is 36.6 Å². The first-order chi connectivity index (χ1) is 12.1. The highest BCUT2D eigenvalue weighted by molar-refractivity contribution is 5.81. The number of nitro benzene ring substituents is 1. The van der Waals surface area contributed by atoms with E-state index in [2.05, 4.69) is 25.4 Å². The average molecular weight is 342 g/mol. The summed E-state index contributed by atoms with van der Waals surface area (Å²) in [5, 5.41) is 14.9. The Hall–Kier alpha value is -3.07. The maximum atomic E-state index is 10.8. The lowest BCUT2D eigenvalue weighted by Crippen LogP contribution is -2.37. The van der Waals surface area contributed by atoms with Crippen LogP contribution in [0.5, 0.6) is 0 Å². The molecule has 1 aliphatic heterocycles. The minimum Gasteiger partial charge on any atom is -0.378 e. The van der Waals surface area contributed by atoms with Crippen LogP contribution in [0.3, 0.4) is 0 Å². The van der Waals surface area contributed by atoms with Crippen LogP contribution in [-0.2, 0) is 4.74 Å². The van der Waals surface area contributed by atoms with E-state index in [0.717, 1.165) is 18.8 Å². The SMILES string of the molecule is Cc1cc(N/N=C/c2cccc([N+](=O)[O-])c2)nc(N2CCOCC2)n1. The van der Waals surface area contributed by atoms with Gasteiger partial charge < -0.3 is 9.64 Å². The Morgan fingerprint density at radius 2 is 2.12 bits per heavy atom. The molecule has 2 heterocycles. The second kappa shape index (κ2) is 7.67. The summed E-state index contributed by atoms with van der Waals surface area (Å²) in [6, 6.07) is 8.03. The van der Waals surface area contributed by atoms with Crippen molar-refractivity contribution in [3.05, 3.63) is 51.7 Å². The summed E-state index contributed by atoms with van der Waals surface area (Å²) in [5.41, 5.74) is 4.33. The molecule has 2 aromatic rings. The number of benzene rings is 1. The first-order valence-corrected chi connectivity index (χ1v) is 7.84. The number of hydrogen-bond acceptors (Lipinski definition) is 8. The number of nitro groups is 1. The second-order valence-electron chi connectivity index (χ2n) is 5.52. The number of nitrogens with one attached hydrogen (secondary N) is 1. The van der Waals surface area contributed by atoms with E-state index in [1.54, 1.807) is 18.2 Å². The maximum absolute atomic E-state index is 10.8. The van der Waals surface area contributed by atoms with Gasteiger partial charge >= 0.3 is 0 Å². The Balaban J connectivity index is 1.71. The van der Waals surface area contributed by atoms with E-state index in [4.69, 9.17) is 4.74 Å². The van der Waals surface area contributed by atoms with Crippen LogP contribution in [0.15, 0.2) is 35.4 Å². The number of hydrogen-bond donors (Lipinski definition) is 1. The number of aryl methyl sites for hydroxylation is 1. The fraction of sp³-hybridized carbons (Fsp3) is 0.312. The molecule has 0 radical (unpaired) electrons. The van der Waals surface area contributed by atoms with Gasteiger partial charge in [0, 0.05) is 42.5 Å². The molecule has 130 valence electrons. The van der Waals surface area contributed by atoms with Crippen LogP contribution < -0.4 is 10.3 Å². The number of rotatable bonds is 5. The molecule has 0 aliphatic carbocycles. The number of anilines is 2. The minimum atomic E-state index is -0.437. The molecule has 0 bridgehead atoms. The van der Waals surface area contributed by atoms with Crippen LogP contribution >= 0.6 is 0 Å². The molecule has 9 heteroatoms. The monoisotopic (exact) mass is 342 g/mol. The van der Waals surface area contributed by atoms with Gasteiger partial charge in [0.15, 0.2) is 5.82 Å². The molecule has 9 nitrogen and oxygen atoms in total. The molecule has 1 fully saturated rings. The van der Waals surface area contributed by atoms with Crippen molar-refractivity contribution in [3.8, 4) is 0 Å². The smallest absolute Gasteiger partial charge is 0.270 e. The normalized spacial score (nSPS) is 14.7. The molecule has 0 saturated carbocycles. The highest BCUT2D eigenvalue weighted by atomic mass is 16.6. The summed E-state index contributed by atoms with van der Waals surface area (Å²) >= 11 is 0. The molecule has 1 aliphatic rings. The Morgan fingerprint density at radius 1 is 1.32 bits per heavy atom. The third-order valence-electron chi connectivity index (χ3n) is 3.61. The van der Waals surface area contributed by atoms with Gasteiger partial charge in [0.2, 0.25) is 5.95 Å². The second-order valence-corrected chi connectivity index (χ2v) is 5.52. The van der Waals surface area contributed by atoms with Gasteiger partial charge in [-0.2, -0.15) is 10.1 Å². The van der Waals surface area contributed by atoms with Crippen LogP contribution in [-0.4, -0.2) is 47.4 Å². The highest BCUT2D eigenvalue weighted by Crippen LogP contribution is 2.15. The number of non-ortho nitro benzene ring substituents is 1. The number of ether oxygens (including phenoxy) is 1. The van der Waals surface area contributed by atoms with E-state index in [0.29, 0.717) is 30.5 Å². The minimum absolute atomic E-state index is 0.0245. The molecule has 0 atom stereocenters. The highest BCUT2D eigenvalue weighted by Gasteiger charge is 2.14. The average Bonchev–Trinajstić information content (AvgIpc) is 2.62. The van der Waals surface area contributed by atoms with E-state index >= 15 is 0 Å². The van der Waals surface area contributed by atoms with Crippen LogP contribution in [0.25, 0.3) is 0 Å². The third-order valence-corrected chi connectivity index (χ3v) is 3.61. The molecule has 25 heavy (non-hydrogen) atoms. The summed E-state index contributed by atoms with van der Waals surface area (Å²) < 4.78 is 5.34. The largest absolute Gasteiger partial charge is 0.378 e. The van der Waals surface area contributed by atoms with Crippen molar-refractivity contribution in [2.24, 2.45) is 5.10 Å². The molecule has 1 aromatic carbocycles. The molecule has 0 spiro atoms. The number of morpholine rings is 1. The van der Waals surface area contributed by atoms with Crippen LogP contribution in [0.2, 0.25) is 0 Å². The van der Waals surface area contributed by atoms with Gasteiger partial charge in [-0.3, -0.25) is 15.5 Å². The summed E-state index contributed by atoms with van der Waals surface area (Å²) in [7, 11) is 0. The standard InChI is InChI=1S/C16H18N6O3/c1-12-9-15(19-16(18-12)21-5-7-25-8-6-21)20-17-11-13-3-2-4-14(10-13)22(23)24/h2-4,9-11H,5-8H2,1H3,(H,18,19,20)/b17-11+. The van der Waals surface area contributed by atoms with Gasteiger partial charge in [-0.05, 0) is 6.92 Å². The molecular formula is C16H18N6O3. The first-order valence-electron chi connectivity index (χ1n) is 7.84. The predicted octanol–water partition coefficient (Wildman–Crippen LogP) is 1.98. The van der Waals surface area contributed by atoms with Crippen molar-refractivity contribution in [1.82, 2.24) is 9.97 Å². The van der Waals surface area contributed by atoms with Gasteiger partial charge in [-0.15, -0.1) is 0 Å². The van der Waals surface area contributed by atoms with E-state index in [-0.39, 0.29) is 5.69 Å². The van der Waals surface area contributed by atoms with Gasteiger partial charge in [0.05, 0.1) is 24.4 Å². The summed E-state index contributed by atoms with van der Waals surface area (Å²) in [6.45, 7) is 4.71. The van der Waals surface area contributed by atoms with Crippen molar-refractivity contribution < 1.29 is 9.66 Å². The van der Waals surface area contributed by atoms with Crippen molar-refractivity contribution in [2.45, 2.75) is 6.92 Å². The lowest BCUT2D eigenvalue weighted by molar-refractivity contribution is -0.384. The lowest BCUT2D eigenvalue weighted by Gasteiger charge is -2.27. The van der Waals surface area contributed by atoms with E-state index in [1.807, 2.05) is 6.92 Å². The van der Waals surface area contributed by atoms with Gasteiger partial charge in [0.1, 0.15) is 0 Å². The zero-order chi connectivity index (χ0) is 17.6. The molecule has 3 rings (SSSR count). The number of hydrazone groups is 1. The van der Waals surface area contributed by atoms with E-state index in [1.165, 1.54) is 18.3 Å². The molecule has 0 amide bonds. The molecule has 1 saturated heterocycles. The Kier molecular flexibility index (Phi) is 5.14. The number of nitrogens with zero attached hydrogens (tertiary/aromatic N) is 5. The Morgan fingerprint density at radius 3 is 2.88 bits per heavy atom.